The number of nitrogens with zero attached hydrogens (tertiary/aromatic N) is 1. The molecule has 2 aromatic rings. The summed E-state index contributed by atoms with van der Waals surface area (Å²) >= 11 is 1.83. The van der Waals surface area contributed by atoms with Crippen LogP contribution in [0.4, 0.5) is 0 Å². The van der Waals surface area contributed by atoms with Crippen LogP contribution in [0.3, 0.4) is 0 Å². The van der Waals surface area contributed by atoms with Crippen LogP contribution in [0.2, 0.25) is 0 Å². The highest BCUT2D eigenvalue weighted by molar-refractivity contribution is 7.15. The number of oxime groups is 1. The van der Waals surface area contributed by atoms with E-state index in [-0.39, 0.29) is 16.8 Å². The van der Waals surface area contributed by atoms with Gasteiger partial charge in [0.2, 0.25) is 0 Å². The average molecular weight is 400 g/mol. The molecular weight excluding hydrogens is 370 g/mol. The van der Waals surface area contributed by atoms with Crippen molar-refractivity contribution in [2.75, 3.05) is 14.2 Å². The first-order valence-electron chi connectivity index (χ1n) is 9.57. The van der Waals surface area contributed by atoms with Crippen molar-refractivity contribution >= 4 is 23.0 Å². The van der Waals surface area contributed by atoms with Gasteiger partial charge in [-0.05, 0) is 53.9 Å². The van der Waals surface area contributed by atoms with Crippen LogP contribution in [0.15, 0.2) is 29.4 Å². The molecule has 0 atom stereocenters. The number of benzene rings is 1. The Morgan fingerprint density at radius 1 is 1.00 bits per heavy atom. The molecule has 0 fully saturated rings. The molecule has 0 amide bonds. The third kappa shape index (κ3) is 3.48. The van der Waals surface area contributed by atoms with Gasteiger partial charge in [0.25, 0.3) is 0 Å². The molecule has 5 heteroatoms. The molecule has 1 aromatic carbocycles. The number of esters is 1. The van der Waals surface area contributed by atoms with Gasteiger partial charge in [-0.25, -0.2) is 4.79 Å². The molecule has 150 valence electrons. The molecule has 0 aliphatic heterocycles. The van der Waals surface area contributed by atoms with E-state index in [0.717, 1.165) is 16.2 Å². The minimum Gasteiger partial charge on any atom is -0.465 e. The van der Waals surface area contributed by atoms with E-state index in [9.17, 15) is 4.79 Å². The summed E-state index contributed by atoms with van der Waals surface area (Å²) in [5.74, 6) is -0.344. The maximum atomic E-state index is 11.7. The molecular formula is C23H29NO3S. The third-order valence-electron chi connectivity index (χ3n) is 5.79. The van der Waals surface area contributed by atoms with Crippen molar-refractivity contribution in [2.24, 2.45) is 5.16 Å². The van der Waals surface area contributed by atoms with E-state index >= 15 is 0 Å². The molecule has 28 heavy (non-hydrogen) atoms. The average Bonchev–Trinajstić information content (AvgIpc) is 3.02. The zero-order chi connectivity index (χ0) is 20.7. The Morgan fingerprint density at radius 3 is 2.11 bits per heavy atom. The number of rotatable bonds is 4. The van der Waals surface area contributed by atoms with Crippen molar-refractivity contribution in [3.05, 3.63) is 56.3 Å². The van der Waals surface area contributed by atoms with Crippen molar-refractivity contribution in [2.45, 2.75) is 58.3 Å². The van der Waals surface area contributed by atoms with Crippen LogP contribution < -0.4 is 0 Å². The molecule has 1 aliphatic carbocycles. The first-order chi connectivity index (χ1) is 13.1. The maximum absolute atomic E-state index is 11.7. The topological polar surface area (TPSA) is 47.9 Å². The van der Waals surface area contributed by atoms with Crippen molar-refractivity contribution in [1.29, 1.82) is 0 Å². The maximum Gasteiger partial charge on any atom is 0.337 e. The summed E-state index contributed by atoms with van der Waals surface area (Å²) < 4.78 is 4.80. The summed E-state index contributed by atoms with van der Waals surface area (Å²) in [5.41, 5.74) is 5.30. The molecule has 0 spiro atoms. The van der Waals surface area contributed by atoms with Gasteiger partial charge in [0, 0.05) is 10.4 Å². The fraction of sp³-hybridized carbons (Fsp3) is 0.478. The fourth-order valence-corrected chi connectivity index (χ4v) is 5.71. The molecule has 0 bridgehead atoms. The highest BCUT2D eigenvalue weighted by Crippen LogP contribution is 2.51. The minimum atomic E-state index is -0.344. The summed E-state index contributed by atoms with van der Waals surface area (Å²) in [6.07, 6.45) is 2.35. The van der Waals surface area contributed by atoms with E-state index < -0.39 is 0 Å². The summed E-state index contributed by atoms with van der Waals surface area (Å²) in [7, 11) is 2.95. The smallest absolute Gasteiger partial charge is 0.337 e. The lowest BCUT2D eigenvalue weighted by atomic mass is 9.66. The van der Waals surface area contributed by atoms with Crippen molar-refractivity contribution in [3.63, 3.8) is 0 Å². The number of hydrogen-bond donors (Lipinski definition) is 0. The van der Waals surface area contributed by atoms with Gasteiger partial charge in [0.15, 0.2) is 0 Å². The van der Waals surface area contributed by atoms with Crippen molar-refractivity contribution in [3.8, 4) is 0 Å². The predicted octanol–water partition coefficient (Wildman–Crippen LogP) is 5.59. The van der Waals surface area contributed by atoms with Gasteiger partial charge < -0.3 is 9.57 Å². The first kappa shape index (κ1) is 20.6. The molecule has 0 saturated heterocycles. The number of fused-ring (bicyclic) bond motifs is 1. The largest absolute Gasteiger partial charge is 0.465 e. The van der Waals surface area contributed by atoms with Crippen LogP contribution in [0.5, 0.6) is 0 Å². The molecule has 0 radical (unpaired) electrons. The number of thiophene rings is 1. The molecule has 1 aromatic heterocycles. The summed E-state index contributed by atoms with van der Waals surface area (Å²) in [6, 6.07) is 7.34. The second kappa shape index (κ2) is 7.36. The van der Waals surface area contributed by atoms with Crippen molar-refractivity contribution < 1.29 is 14.4 Å². The quantitative estimate of drug-likeness (QED) is 0.382. The summed E-state index contributed by atoms with van der Waals surface area (Å²) in [6.45, 7) is 11.5. The van der Waals surface area contributed by atoms with E-state index in [4.69, 9.17) is 9.57 Å². The molecule has 3 rings (SSSR count). The van der Waals surface area contributed by atoms with Gasteiger partial charge in [-0.3, -0.25) is 0 Å². The second-order valence-corrected chi connectivity index (χ2v) is 9.74. The zero-order valence-corrected chi connectivity index (χ0v) is 18.6. The predicted molar refractivity (Wildman–Crippen MR) is 115 cm³/mol. The Labute approximate surface area is 171 Å². The molecule has 0 N–H and O–H groups in total. The van der Waals surface area contributed by atoms with Crippen LogP contribution in [0, 0.1) is 6.92 Å². The Hall–Kier alpha value is -2.14. The molecule has 0 unspecified atom stereocenters. The molecule has 1 heterocycles. The second-order valence-electron chi connectivity index (χ2n) is 8.72. The van der Waals surface area contributed by atoms with Crippen molar-refractivity contribution in [1.82, 2.24) is 0 Å². The first-order valence-corrected chi connectivity index (χ1v) is 10.4. The van der Waals surface area contributed by atoms with Gasteiger partial charge in [-0.15, -0.1) is 11.3 Å². The fourth-order valence-electron chi connectivity index (χ4n) is 4.09. The van der Waals surface area contributed by atoms with Gasteiger partial charge in [0.1, 0.15) is 12.8 Å². The minimum absolute atomic E-state index is 0.149. The van der Waals surface area contributed by atoms with E-state index in [0.29, 0.717) is 5.56 Å². The lowest BCUT2D eigenvalue weighted by Crippen LogP contribution is -2.32. The summed E-state index contributed by atoms with van der Waals surface area (Å²) in [5, 5.41) is 4.37. The van der Waals surface area contributed by atoms with E-state index in [1.54, 1.807) is 19.2 Å². The van der Waals surface area contributed by atoms with E-state index in [1.807, 2.05) is 23.5 Å². The summed E-state index contributed by atoms with van der Waals surface area (Å²) in [4.78, 5) is 19.5. The third-order valence-corrected chi connectivity index (χ3v) is 7.45. The Balaban J connectivity index is 2.14. The van der Waals surface area contributed by atoms with E-state index in [1.165, 1.54) is 36.0 Å². The molecule has 4 nitrogen and oxygen atoms in total. The normalized spacial score (nSPS) is 17.8. The number of hydrogen-bond acceptors (Lipinski definition) is 5. The zero-order valence-electron chi connectivity index (χ0n) is 17.8. The Bertz CT molecular complexity index is 920. The lowest BCUT2D eigenvalue weighted by molar-refractivity contribution is 0.0600. The standard InChI is InChI=1S/C23H29NO3S/c1-14-17-20(23(4,5)13-12-22(17,2)3)28-19(14)18(24-27-7)15-8-10-16(11-9-15)21(25)26-6/h8-11H,12-13H2,1-7H3. The van der Waals surface area contributed by atoms with Gasteiger partial charge in [-0.1, -0.05) is 45.0 Å². The highest BCUT2D eigenvalue weighted by atomic mass is 32.1. The highest BCUT2D eigenvalue weighted by Gasteiger charge is 2.41. The number of carbonyl (C=O) groups excluding carboxylic acids is 1. The van der Waals surface area contributed by atoms with Crippen LogP contribution in [0.1, 0.15) is 77.3 Å². The number of methoxy groups -OCH3 is 1. The van der Waals surface area contributed by atoms with Crippen LogP contribution in [-0.4, -0.2) is 25.9 Å². The number of carbonyl (C=O) groups is 1. The Morgan fingerprint density at radius 2 is 1.57 bits per heavy atom. The Kier molecular flexibility index (Phi) is 5.41. The van der Waals surface area contributed by atoms with Crippen LogP contribution in [0.25, 0.3) is 0 Å². The SMILES string of the molecule is CON=C(c1ccc(C(=O)OC)cc1)c1sc2c(c1C)C(C)(C)CCC2(C)C. The van der Waals surface area contributed by atoms with Gasteiger partial charge >= 0.3 is 5.97 Å². The van der Waals surface area contributed by atoms with Gasteiger partial charge in [-0.2, -0.15) is 0 Å². The monoisotopic (exact) mass is 399 g/mol. The molecule has 1 aliphatic rings. The van der Waals surface area contributed by atoms with Crippen LogP contribution in [-0.2, 0) is 20.4 Å². The lowest BCUT2D eigenvalue weighted by Gasteiger charge is -2.39. The van der Waals surface area contributed by atoms with Crippen LogP contribution >= 0.6 is 11.3 Å². The van der Waals surface area contributed by atoms with Gasteiger partial charge in [0.05, 0.1) is 17.6 Å². The molecule has 0 saturated carbocycles. The van der Waals surface area contributed by atoms with E-state index in [2.05, 4.69) is 39.8 Å². The number of ether oxygens (including phenoxy) is 1.